The molecule has 0 saturated carbocycles. The second-order valence-corrected chi connectivity index (χ2v) is 9.44. The zero-order valence-electron chi connectivity index (χ0n) is 20.9. The van der Waals surface area contributed by atoms with Gasteiger partial charge in [0.05, 0.1) is 22.0 Å². The highest BCUT2D eigenvalue weighted by Gasteiger charge is 2.42. The van der Waals surface area contributed by atoms with E-state index in [0.717, 1.165) is 5.56 Å². The number of hydrogen-bond acceptors (Lipinski definition) is 7. The minimum Gasteiger partial charge on any atom is -0.457 e. The third-order valence-electron chi connectivity index (χ3n) is 5.79. The number of hydrogen-bond donors (Lipinski definition) is 0. The number of nitro benzene ring substituents is 1. The number of carbonyl (C=O) groups excluding carboxylic acids is 3. The van der Waals surface area contributed by atoms with Gasteiger partial charge in [0.1, 0.15) is 6.61 Å². The molecule has 0 bridgehead atoms. The van der Waals surface area contributed by atoms with Gasteiger partial charge in [-0.2, -0.15) is 0 Å². The van der Waals surface area contributed by atoms with E-state index in [-0.39, 0.29) is 17.9 Å². The van der Waals surface area contributed by atoms with E-state index < -0.39 is 41.1 Å². The molecule has 36 heavy (non-hydrogen) atoms. The predicted octanol–water partition coefficient (Wildman–Crippen LogP) is 4.57. The maximum absolute atomic E-state index is 13.4. The minimum atomic E-state index is -1.08. The van der Waals surface area contributed by atoms with E-state index >= 15 is 0 Å². The summed E-state index contributed by atoms with van der Waals surface area (Å²) in [5, 5.41) is 11.4. The van der Waals surface area contributed by atoms with Crippen molar-refractivity contribution >= 4 is 23.7 Å². The lowest BCUT2D eigenvalue weighted by Crippen LogP contribution is -2.50. The van der Waals surface area contributed by atoms with Crippen molar-refractivity contribution in [3.63, 3.8) is 0 Å². The van der Waals surface area contributed by atoms with Gasteiger partial charge in [-0.3, -0.25) is 19.8 Å². The number of amides is 2. The molecule has 1 aliphatic heterocycles. The highest BCUT2D eigenvalue weighted by Crippen LogP contribution is 2.38. The number of nitro groups is 1. The maximum Gasteiger partial charge on any atom is 0.338 e. The Bertz CT molecular complexity index is 1200. The molecule has 0 saturated heterocycles. The molecule has 0 spiro atoms. The zero-order chi connectivity index (χ0) is 26.6. The first-order valence-corrected chi connectivity index (χ1v) is 11.3. The van der Waals surface area contributed by atoms with Crippen LogP contribution >= 0.6 is 0 Å². The van der Waals surface area contributed by atoms with Crippen molar-refractivity contribution in [1.82, 2.24) is 9.80 Å². The second kappa shape index (κ2) is 10.6. The molecule has 0 aliphatic carbocycles. The molecule has 0 radical (unpaired) electrons. The zero-order valence-corrected chi connectivity index (χ0v) is 20.9. The molecule has 1 heterocycles. The van der Waals surface area contributed by atoms with E-state index in [9.17, 15) is 24.5 Å². The Morgan fingerprint density at radius 3 is 2.33 bits per heavy atom. The molecule has 1 aliphatic rings. The van der Waals surface area contributed by atoms with Gasteiger partial charge < -0.3 is 14.4 Å². The average Bonchev–Trinajstić information content (AvgIpc) is 2.85. The summed E-state index contributed by atoms with van der Waals surface area (Å²) in [6.07, 6.45) is 0. The number of urea groups is 1. The van der Waals surface area contributed by atoms with Gasteiger partial charge in [0.2, 0.25) is 0 Å². The molecular formula is C26H29N3O7. The van der Waals surface area contributed by atoms with Gasteiger partial charge in [0, 0.05) is 24.9 Å². The number of rotatable bonds is 7. The summed E-state index contributed by atoms with van der Waals surface area (Å²) in [6.45, 7) is 6.15. The van der Waals surface area contributed by atoms with E-state index in [1.165, 1.54) is 35.0 Å². The molecule has 1 atom stereocenters. The Balaban J connectivity index is 2.05. The quantitative estimate of drug-likeness (QED) is 0.314. The highest BCUT2D eigenvalue weighted by atomic mass is 16.6. The third kappa shape index (κ3) is 5.70. The van der Waals surface area contributed by atoms with Crippen LogP contribution in [0.5, 0.6) is 0 Å². The topological polar surface area (TPSA) is 119 Å². The Morgan fingerprint density at radius 1 is 1.06 bits per heavy atom. The van der Waals surface area contributed by atoms with Crippen molar-refractivity contribution in [2.24, 2.45) is 5.41 Å². The number of allylic oxidation sites excluding steroid dienone is 1. The van der Waals surface area contributed by atoms with E-state index in [1.54, 1.807) is 45.9 Å². The first-order valence-electron chi connectivity index (χ1n) is 11.3. The largest absolute Gasteiger partial charge is 0.457 e. The summed E-state index contributed by atoms with van der Waals surface area (Å²) in [6, 6.07) is 13.1. The van der Waals surface area contributed by atoms with E-state index in [2.05, 4.69) is 0 Å². The predicted molar refractivity (Wildman–Crippen MR) is 130 cm³/mol. The monoisotopic (exact) mass is 495 g/mol. The molecular weight excluding hydrogens is 466 g/mol. The van der Waals surface area contributed by atoms with E-state index in [1.807, 2.05) is 18.2 Å². The number of non-ortho nitro benzene ring substituents is 1. The van der Waals surface area contributed by atoms with Crippen LogP contribution in [0, 0.1) is 15.5 Å². The van der Waals surface area contributed by atoms with Gasteiger partial charge >= 0.3 is 18.0 Å². The SMILES string of the molecule is CC1=C(C(=O)OCc2ccccc2)C(c2cccc([N+](=O)[O-])c2)N(COC(=O)C(C)(C)C)C(=O)N1C. The molecule has 0 N–H and O–H groups in total. The summed E-state index contributed by atoms with van der Waals surface area (Å²) >= 11 is 0. The maximum atomic E-state index is 13.4. The Hall–Kier alpha value is -4.21. The van der Waals surface area contributed by atoms with E-state index in [0.29, 0.717) is 11.3 Å². The van der Waals surface area contributed by atoms with E-state index in [4.69, 9.17) is 9.47 Å². The van der Waals surface area contributed by atoms with Gasteiger partial charge in [-0.15, -0.1) is 0 Å². The fourth-order valence-electron chi connectivity index (χ4n) is 3.67. The summed E-state index contributed by atoms with van der Waals surface area (Å²) in [4.78, 5) is 52.5. The Kier molecular flexibility index (Phi) is 7.77. The van der Waals surface area contributed by atoms with Crippen LogP contribution in [0.25, 0.3) is 0 Å². The number of benzene rings is 2. The van der Waals surface area contributed by atoms with Gasteiger partial charge in [-0.25, -0.2) is 9.59 Å². The normalized spacial score (nSPS) is 16.1. The number of nitrogens with zero attached hydrogens (tertiary/aromatic N) is 3. The lowest BCUT2D eigenvalue weighted by atomic mass is 9.93. The van der Waals surface area contributed by atoms with Crippen LogP contribution in [0.4, 0.5) is 10.5 Å². The fraction of sp³-hybridized carbons (Fsp3) is 0.346. The van der Waals surface area contributed by atoms with Crippen LogP contribution in [0.2, 0.25) is 0 Å². The average molecular weight is 496 g/mol. The molecule has 2 aromatic rings. The number of carbonyl (C=O) groups is 3. The second-order valence-electron chi connectivity index (χ2n) is 9.44. The number of ether oxygens (including phenoxy) is 2. The summed E-state index contributed by atoms with van der Waals surface area (Å²) in [5.41, 5.74) is 0.485. The first kappa shape index (κ1) is 26.4. The van der Waals surface area contributed by atoms with Crippen LogP contribution in [-0.4, -0.2) is 46.5 Å². The van der Waals surface area contributed by atoms with Gasteiger partial charge in [0.25, 0.3) is 5.69 Å². The fourth-order valence-corrected chi connectivity index (χ4v) is 3.67. The first-order chi connectivity index (χ1) is 16.9. The van der Waals surface area contributed by atoms with Crippen molar-refractivity contribution in [3.8, 4) is 0 Å². The Labute approximate surface area is 209 Å². The van der Waals surface area contributed by atoms with Crippen LogP contribution in [0.15, 0.2) is 65.9 Å². The van der Waals surface area contributed by atoms with Gasteiger partial charge in [-0.05, 0) is 38.8 Å². The molecule has 190 valence electrons. The summed E-state index contributed by atoms with van der Waals surface area (Å²) in [5.74, 6) is -1.24. The minimum absolute atomic E-state index is 0.00518. The van der Waals surface area contributed by atoms with Gasteiger partial charge in [0.15, 0.2) is 6.73 Å². The van der Waals surface area contributed by atoms with Crippen LogP contribution < -0.4 is 0 Å². The molecule has 0 fully saturated rings. The van der Waals surface area contributed by atoms with Crippen molar-refractivity contribution < 1.29 is 28.8 Å². The smallest absolute Gasteiger partial charge is 0.338 e. The van der Waals surface area contributed by atoms with Crippen molar-refractivity contribution in [1.29, 1.82) is 0 Å². The molecule has 2 aromatic carbocycles. The number of esters is 2. The standard InChI is InChI=1S/C26H29N3O7/c1-17-21(23(30)35-15-18-10-7-6-8-11-18)22(19-12-9-13-20(14-19)29(33)34)28(25(32)27(17)5)16-36-24(31)26(2,3)4/h6-14,22H,15-16H2,1-5H3. The lowest BCUT2D eigenvalue weighted by Gasteiger charge is -2.41. The highest BCUT2D eigenvalue weighted by molar-refractivity contribution is 5.95. The van der Waals surface area contributed by atoms with Crippen LogP contribution in [0.3, 0.4) is 0 Å². The molecule has 2 amide bonds. The van der Waals surface area contributed by atoms with Gasteiger partial charge in [-0.1, -0.05) is 42.5 Å². The molecule has 3 rings (SSSR count). The molecule has 10 nitrogen and oxygen atoms in total. The summed E-state index contributed by atoms with van der Waals surface area (Å²) < 4.78 is 11.0. The Morgan fingerprint density at radius 2 is 1.72 bits per heavy atom. The molecule has 1 unspecified atom stereocenters. The van der Waals surface area contributed by atoms with Crippen LogP contribution in [0.1, 0.15) is 44.9 Å². The lowest BCUT2D eigenvalue weighted by molar-refractivity contribution is -0.385. The van der Waals surface area contributed by atoms with Crippen molar-refractivity contribution in [2.75, 3.05) is 13.8 Å². The van der Waals surface area contributed by atoms with Crippen molar-refractivity contribution in [2.45, 2.75) is 40.3 Å². The molecule has 10 heteroatoms. The molecule has 0 aromatic heterocycles. The third-order valence-corrected chi connectivity index (χ3v) is 5.79. The van der Waals surface area contributed by atoms with Crippen LogP contribution in [-0.2, 0) is 25.7 Å². The summed E-state index contributed by atoms with van der Waals surface area (Å²) in [7, 11) is 1.49. The van der Waals surface area contributed by atoms with Crippen molar-refractivity contribution in [3.05, 3.63) is 87.1 Å².